The van der Waals surface area contributed by atoms with Gasteiger partial charge in [-0.25, -0.2) is 4.79 Å². The first-order valence-electron chi connectivity index (χ1n) is 12.8. The highest BCUT2D eigenvalue weighted by atomic mass is 16.6. The van der Waals surface area contributed by atoms with Gasteiger partial charge in [0, 0.05) is 11.0 Å². The largest absolute Gasteiger partial charge is 0.504 e. The lowest BCUT2D eigenvalue weighted by Crippen LogP contribution is -2.63. The number of allylic oxidation sites excluding steroid dienone is 1. The second kappa shape index (κ2) is 8.03. The number of hydrogen-bond acceptors (Lipinski definition) is 6. The molecule has 0 radical (unpaired) electrons. The maximum absolute atomic E-state index is 13.0. The monoisotopic (exact) mass is 468 g/mol. The Morgan fingerprint density at radius 2 is 2.03 bits per heavy atom. The van der Waals surface area contributed by atoms with Gasteiger partial charge in [0.25, 0.3) is 0 Å². The highest BCUT2D eigenvalue weighted by Crippen LogP contribution is 2.71. The number of carbonyl (C=O) groups is 2. The number of esters is 2. The molecule has 0 amide bonds. The van der Waals surface area contributed by atoms with Crippen LogP contribution in [0.25, 0.3) is 0 Å². The first kappa shape index (κ1) is 23.3. The van der Waals surface area contributed by atoms with E-state index >= 15 is 0 Å². The Morgan fingerprint density at radius 3 is 2.76 bits per heavy atom. The van der Waals surface area contributed by atoms with Crippen LogP contribution < -0.4 is 4.74 Å². The van der Waals surface area contributed by atoms with Crippen LogP contribution in [0.4, 0.5) is 0 Å². The number of phenols is 1. The minimum atomic E-state index is -1.00. The van der Waals surface area contributed by atoms with Crippen molar-refractivity contribution in [2.45, 2.75) is 90.8 Å². The first-order valence-corrected chi connectivity index (χ1v) is 12.8. The minimum absolute atomic E-state index is 0.0506. The molecule has 1 aromatic carbocycles. The summed E-state index contributed by atoms with van der Waals surface area (Å²) in [5.74, 6) is 0.996. The number of phenolic OH excluding ortho intramolecular Hbond substituents is 1. The van der Waals surface area contributed by atoms with Crippen LogP contribution in [0.5, 0.6) is 11.5 Å². The molecule has 1 spiro atoms. The van der Waals surface area contributed by atoms with Crippen molar-refractivity contribution in [3.8, 4) is 11.5 Å². The molecule has 3 aliphatic carbocycles. The van der Waals surface area contributed by atoms with Gasteiger partial charge < -0.3 is 19.3 Å². The Kier molecular flexibility index (Phi) is 5.49. The molecule has 2 bridgehead atoms. The second-order valence-corrected chi connectivity index (χ2v) is 11.2. The maximum atomic E-state index is 13.0. The van der Waals surface area contributed by atoms with Crippen molar-refractivity contribution < 1.29 is 28.9 Å². The molecule has 1 aromatic rings. The van der Waals surface area contributed by atoms with Crippen LogP contribution in [0, 0.1) is 23.2 Å². The molecule has 6 nitrogen and oxygen atoms in total. The van der Waals surface area contributed by atoms with Gasteiger partial charge in [-0.2, -0.15) is 0 Å². The molecule has 0 saturated heterocycles. The third-order valence-corrected chi connectivity index (χ3v) is 9.26. The van der Waals surface area contributed by atoms with Crippen LogP contribution in [0.15, 0.2) is 24.0 Å². The fourth-order valence-electron chi connectivity index (χ4n) is 7.38. The van der Waals surface area contributed by atoms with Gasteiger partial charge in [-0.3, -0.25) is 4.79 Å². The summed E-state index contributed by atoms with van der Waals surface area (Å²) in [5, 5.41) is 10.7. The van der Waals surface area contributed by atoms with Crippen molar-refractivity contribution in [3.63, 3.8) is 0 Å². The van der Waals surface area contributed by atoms with Crippen LogP contribution in [0.1, 0.15) is 77.8 Å². The van der Waals surface area contributed by atoms with E-state index in [-0.39, 0.29) is 28.5 Å². The molecular weight excluding hydrogens is 432 g/mol. The average molecular weight is 469 g/mol. The number of ether oxygens (including phenoxy) is 3. The van der Waals surface area contributed by atoms with E-state index in [0.29, 0.717) is 29.8 Å². The van der Waals surface area contributed by atoms with E-state index < -0.39 is 18.2 Å². The van der Waals surface area contributed by atoms with Crippen LogP contribution >= 0.6 is 0 Å². The molecule has 184 valence electrons. The van der Waals surface area contributed by atoms with Gasteiger partial charge in [0.05, 0.1) is 5.92 Å². The van der Waals surface area contributed by atoms with Gasteiger partial charge in [0.1, 0.15) is 5.76 Å². The number of rotatable bonds is 6. The number of benzene rings is 1. The van der Waals surface area contributed by atoms with Crippen molar-refractivity contribution in [2.24, 2.45) is 23.2 Å². The zero-order chi connectivity index (χ0) is 24.4. The Balaban J connectivity index is 1.46. The number of hydrogen-bond donors (Lipinski definition) is 1. The summed E-state index contributed by atoms with van der Waals surface area (Å²) in [5.41, 5.74) is 1.96. The lowest BCUT2D eigenvalue weighted by Gasteiger charge is -2.62. The normalized spacial score (nSPS) is 34.3. The van der Waals surface area contributed by atoms with Crippen molar-refractivity contribution in [2.75, 3.05) is 0 Å². The summed E-state index contributed by atoms with van der Waals surface area (Å²) in [6.07, 6.45) is 5.84. The Hall–Kier alpha value is -2.50. The zero-order valence-corrected chi connectivity index (χ0v) is 20.8. The van der Waals surface area contributed by atoms with E-state index in [4.69, 9.17) is 14.2 Å². The molecule has 1 aliphatic heterocycles. The molecule has 3 unspecified atom stereocenters. The van der Waals surface area contributed by atoms with Gasteiger partial charge in [-0.05, 0) is 74.0 Å². The summed E-state index contributed by atoms with van der Waals surface area (Å²) in [7, 11) is 0. The van der Waals surface area contributed by atoms with Crippen LogP contribution in [0.3, 0.4) is 0 Å². The predicted molar refractivity (Wildman–Crippen MR) is 126 cm³/mol. The van der Waals surface area contributed by atoms with E-state index in [0.717, 1.165) is 37.7 Å². The fourth-order valence-corrected chi connectivity index (χ4v) is 7.38. The van der Waals surface area contributed by atoms with Gasteiger partial charge in [0.15, 0.2) is 23.7 Å². The van der Waals surface area contributed by atoms with Gasteiger partial charge >= 0.3 is 11.9 Å². The molecule has 1 saturated carbocycles. The van der Waals surface area contributed by atoms with Crippen LogP contribution in [-0.2, 0) is 30.9 Å². The fraction of sp³-hybridized carbons (Fsp3) is 0.643. The molecule has 7 atom stereocenters. The Labute approximate surface area is 201 Å². The van der Waals surface area contributed by atoms with Crippen LogP contribution in [-0.4, -0.2) is 29.3 Å². The highest BCUT2D eigenvalue weighted by Gasteiger charge is 2.70. The molecule has 0 aromatic heterocycles. The van der Waals surface area contributed by atoms with E-state index in [2.05, 4.69) is 13.8 Å². The van der Waals surface area contributed by atoms with Crippen molar-refractivity contribution in [3.05, 3.63) is 35.1 Å². The number of aromatic hydroxyl groups is 1. The lowest BCUT2D eigenvalue weighted by molar-refractivity contribution is -0.168. The van der Waals surface area contributed by atoms with Gasteiger partial charge in [-0.1, -0.05) is 40.2 Å². The molecule has 1 N–H and O–H groups in total. The Bertz CT molecular complexity index is 1060. The van der Waals surface area contributed by atoms with Crippen molar-refractivity contribution >= 4 is 11.9 Å². The third kappa shape index (κ3) is 3.06. The summed E-state index contributed by atoms with van der Waals surface area (Å²) >= 11 is 0. The van der Waals surface area contributed by atoms with Crippen molar-refractivity contribution in [1.82, 2.24) is 0 Å². The lowest BCUT2D eigenvalue weighted by atomic mass is 9.40. The SMILES string of the molecule is CCC[C@H](C)C(=O)O[C@@H](C)C(=O)OC1=CC[C@@]2(C)[C@H]3Cc4ccc(O)c5c4C2(CCC3C)C1O5. The molecular formula is C28H36O6. The predicted octanol–water partition coefficient (Wildman–Crippen LogP) is 5.20. The smallest absolute Gasteiger partial charge is 0.352 e. The summed E-state index contributed by atoms with van der Waals surface area (Å²) in [4.78, 5) is 25.3. The highest BCUT2D eigenvalue weighted by molar-refractivity contribution is 5.80. The molecule has 5 rings (SSSR count). The molecule has 34 heavy (non-hydrogen) atoms. The number of carbonyl (C=O) groups excluding carboxylic acids is 2. The second-order valence-electron chi connectivity index (χ2n) is 11.2. The summed E-state index contributed by atoms with van der Waals surface area (Å²) in [6, 6.07) is 3.76. The van der Waals surface area contributed by atoms with E-state index in [9.17, 15) is 14.7 Å². The third-order valence-electron chi connectivity index (χ3n) is 9.26. The Morgan fingerprint density at radius 1 is 1.26 bits per heavy atom. The van der Waals surface area contributed by atoms with E-state index in [1.54, 1.807) is 13.0 Å². The molecule has 1 fully saturated rings. The standard InChI is InChI=1S/C28H36O6/c1-6-7-16(3)25(30)32-17(4)26(31)33-21-11-12-27(5)19-14-18-8-9-20(29)23-22(18)28(27,24(21)34-23)13-10-15(19)2/h8-9,11,15-17,19,24,29H,6-7,10,12-14H2,1-5H3/t15?,16-,17-,19-,24?,27-,28?/m0/s1. The first-order chi connectivity index (χ1) is 16.1. The average Bonchev–Trinajstić information content (AvgIpc) is 3.15. The zero-order valence-electron chi connectivity index (χ0n) is 20.8. The van der Waals surface area contributed by atoms with E-state index in [1.807, 2.05) is 26.0 Å². The summed E-state index contributed by atoms with van der Waals surface area (Å²) < 4.78 is 17.7. The van der Waals surface area contributed by atoms with Crippen molar-refractivity contribution in [1.29, 1.82) is 0 Å². The van der Waals surface area contributed by atoms with Crippen LogP contribution in [0.2, 0.25) is 0 Å². The van der Waals surface area contributed by atoms with Gasteiger partial charge in [-0.15, -0.1) is 0 Å². The topological polar surface area (TPSA) is 82.1 Å². The quantitative estimate of drug-likeness (QED) is 0.578. The van der Waals surface area contributed by atoms with E-state index in [1.165, 1.54) is 5.56 Å². The maximum Gasteiger partial charge on any atom is 0.352 e. The van der Waals surface area contributed by atoms with Gasteiger partial charge in [0.2, 0.25) is 0 Å². The molecule has 4 aliphatic rings. The minimum Gasteiger partial charge on any atom is -0.504 e. The summed E-state index contributed by atoms with van der Waals surface area (Å²) in [6.45, 7) is 10.1. The molecule has 6 heteroatoms. The molecule has 1 heterocycles.